The van der Waals surface area contributed by atoms with Crippen molar-refractivity contribution in [1.29, 1.82) is 0 Å². The van der Waals surface area contributed by atoms with Crippen LogP contribution in [0.25, 0.3) is 0 Å². The van der Waals surface area contributed by atoms with Crippen molar-refractivity contribution in [3.63, 3.8) is 0 Å². The standard InChI is InChI=1S/C24H27FN3O7/c1-3-33-23(29)24(19-8-10-20(25)11-9-19)27-12-4-7-18(22(27)26-35-24)14-17(21-15-32-16-34-21)6-5-13-28(30)31-2/h5-6,8-11,14H,3-4,7,12-13,15-16H2,1-2H3/q+1. The Bertz CT molecular complexity index is 1090. The molecule has 10 nitrogen and oxygen atoms in total. The van der Waals surface area contributed by atoms with Gasteiger partial charge in [0.25, 0.3) is 6.54 Å². The van der Waals surface area contributed by atoms with Crippen LogP contribution in [0.3, 0.4) is 0 Å². The van der Waals surface area contributed by atoms with Gasteiger partial charge in [0, 0.05) is 17.7 Å². The average molecular weight is 488 g/mol. The molecule has 0 N–H and O–H groups in total. The fourth-order valence-corrected chi connectivity index (χ4v) is 4.11. The van der Waals surface area contributed by atoms with Crippen LogP contribution in [0.4, 0.5) is 4.39 Å². The van der Waals surface area contributed by atoms with Gasteiger partial charge in [0.1, 0.15) is 18.2 Å². The molecule has 186 valence electrons. The minimum atomic E-state index is -1.66. The van der Waals surface area contributed by atoms with Gasteiger partial charge in [-0.2, -0.15) is 0 Å². The van der Waals surface area contributed by atoms with E-state index < -0.39 is 17.5 Å². The number of hydrogen-bond donors (Lipinski definition) is 0. The topological polar surface area (TPSA) is 98.9 Å². The van der Waals surface area contributed by atoms with Crippen LogP contribution in [0.5, 0.6) is 0 Å². The van der Waals surface area contributed by atoms with E-state index in [4.69, 9.17) is 19.0 Å². The molecule has 11 heteroatoms. The van der Waals surface area contributed by atoms with Crippen LogP contribution in [0, 0.1) is 10.7 Å². The number of amidine groups is 1. The Kier molecular flexibility index (Phi) is 7.45. The number of ether oxygens (including phenoxy) is 3. The van der Waals surface area contributed by atoms with Crippen molar-refractivity contribution < 1.29 is 38.0 Å². The van der Waals surface area contributed by atoms with Gasteiger partial charge in [-0.05, 0) is 67.8 Å². The molecule has 0 spiro atoms. The Hall–Kier alpha value is -3.73. The van der Waals surface area contributed by atoms with Crippen molar-refractivity contribution in [3.8, 4) is 0 Å². The molecule has 0 radical (unpaired) electrons. The van der Waals surface area contributed by atoms with Gasteiger partial charge in [0.05, 0.1) is 11.5 Å². The Morgan fingerprint density at radius 3 is 2.83 bits per heavy atom. The van der Waals surface area contributed by atoms with Gasteiger partial charge < -0.3 is 23.9 Å². The smallest absolute Gasteiger partial charge is 0.380 e. The summed E-state index contributed by atoms with van der Waals surface area (Å²) in [5, 5.41) is 4.28. The first-order valence-electron chi connectivity index (χ1n) is 11.3. The lowest BCUT2D eigenvalue weighted by Crippen LogP contribution is -2.54. The third kappa shape index (κ3) is 4.90. The molecule has 3 aliphatic heterocycles. The molecule has 0 bridgehead atoms. The van der Waals surface area contributed by atoms with Crippen LogP contribution < -0.4 is 0 Å². The Morgan fingerprint density at radius 2 is 2.14 bits per heavy atom. The zero-order valence-corrected chi connectivity index (χ0v) is 19.6. The number of allylic oxidation sites excluding steroid dienone is 3. The molecule has 4 rings (SSSR count). The SMILES string of the molecule is CCOC(=O)C1(c2ccc(F)cc2)ON=C2C(=CC(C=CC[N+](=O)OC)=C3COCO3)CCCN21. The maximum atomic E-state index is 13.6. The summed E-state index contributed by atoms with van der Waals surface area (Å²) in [5.74, 6) is 0.0163. The van der Waals surface area contributed by atoms with E-state index in [-0.39, 0.29) is 26.6 Å². The number of halogens is 1. The predicted octanol–water partition coefficient (Wildman–Crippen LogP) is 3.06. The molecule has 3 aliphatic rings. The number of hydrogen-bond acceptors (Lipinski definition) is 9. The van der Waals surface area contributed by atoms with Crippen LogP contribution in [0.1, 0.15) is 25.3 Å². The Balaban J connectivity index is 1.70. The second-order valence-corrected chi connectivity index (χ2v) is 7.89. The molecular formula is C24H27FN3O7+. The van der Waals surface area contributed by atoms with E-state index in [2.05, 4.69) is 9.99 Å². The number of carbonyl (C=O) groups is 1. The van der Waals surface area contributed by atoms with E-state index >= 15 is 0 Å². The van der Waals surface area contributed by atoms with Gasteiger partial charge in [-0.15, -0.1) is 0 Å². The van der Waals surface area contributed by atoms with Crippen molar-refractivity contribution in [2.45, 2.75) is 25.5 Å². The number of piperidine rings is 1. The van der Waals surface area contributed by atoms with Gasteiger partial charge in [-0.1, -0.05) is 5.16 Å². The molecule has 3 heterocycles. The quantitative estimate of drug-likeness (QED) is 0.407. The van der Waals surface area contributed by atoms with Crippen LogP contribution in [0.2, 0.25) is 0 Å². The number of nitrogens with zero attached hydrogens (tertiary/aromatic N) is 3. The minimum absolute atomic E-state index is 0.0179. The molecule has 35 heavy (non-hydrogen) atoms. The summed E-state index contributed by atoms with van der Waals surface area (Å²) in [6.45, 7) is 2.76. The zero-order chi connectivity index (χ0) is 24.8. The lowest BCUT2D eigenvalue weighted by atomic mass is 9.94. The van der Waals surface area contributed by atoms with Gasteiger partial charge in [0.2, 0.25) is 4.92 Å². The second kappa shape index (κ2) is 10.7. The van der Waals surface area contributed by atoms with Gasteiger partial charge in [-0.3, -0.25) is 0 Å². The summed E-state index contributed by atoms with van der Waals surface area (Å²) in [6.07, 6.45) is 6.64. The fraction of sp³-hybridized carbons (Fsp3) is 0.417. The third-order valence-electron chi connectivity index (χ3n) is 5.76. The number of carbonyl (C=O) groups excluding carboxylic acids is 1. The molecule has 2 fully saturated rings. The van der Waals surface area contributed by atoms with Crippen LogP contribution in [-0.4, -0.2) is 61.8 Å². The lowest BCUT2D eigenvalue weighted by molar-refractivity contribution is -0.790. The normalized spacial score (nSPS) is 24.0. The predicted molar refractivity (Wildman–Crippen MR) is 121 cm³/mol. The summed E-state index contributed by atoms with van der Waals surface area (Å²) in [5.41, 5.74) is 0.259. The lowest BCUT2D eigenvalue weighted by Gasteiger charge is -2.37. The average Bonchev–Trinajstić information content (AvgIpc) is 3.53. The maximum absolute atomic E-state index is 13.6. The summed E-state index contributed by atoms with van der Waals surface area (Å²) >= 11 is 0. The number of esters is 1. The molecule has 0 amide bonds. The highest BCUT2D eigenvalue weighted by atomic mass is 19.1. The van der Waals surface area contributed by atoms with Crippen molar-refractivity contribution >= 4 is 11.8 Å². The zero-order valence-electron chi connectivity index (χ0n) is 19.6. The number of fused-ring (bicyclic) bond motifs is 1. The molecule has 1 aromatic rings. The molecule has 1 unspecified atom stereocenters. The largest absolute Gasteiger partial charge is 0.469 e. The van der Waals surface area contributed by atoms with Crippen molar-refractivity contribution in [3.05, 3.63) is 75.7 Å². The first kappa shape index (κ1) is 24.4. The summed E-state index contributed by atoms with van der Waals surface area (Å²) in [7, 11) is 1.29. The number of benzene rings is 1. The highest BCUT2D eigenvalue weighted by Gasteiger charge is 2.57. The Morgan fingerprint density at radius 1 is 1.34 bits per heavy atom. The number of rotatable bonds is 8. The highest BCUT2D eigenvalue weighted by molar-refractivity contribution is 6.03. The molecular weight excluding hydrogens is 461 g/mol. The van der Waals surface area contributed by atoms with E-state index in [1.807, 2.05) is 6.08 Å². The van der Waals surface area contributed by atoms with Crippen molar-refractivity contribution in [2.24, 2.45) is 5.16 Å². The van der Waals surface area contributed by atoms with Gasteiger partial charge in [-0.25, -0.2) is 14.0 Å². The molecule has 1 aromatic carbocycles. The van der Waals surface area contributed by atoms with E-state index in [1.54, 1.807) is 24.0 Å². The summed E-state index contributed by atoms with van der Waals surface area (Å²) < 4.78 is 29.9. The monoisotopic (exact) mass is 488 g/mol. The summed E-state index contributed by atoms with van der Waals surface area (Å²) in [6, 6.07) is 5.52. The molecule has 0 aromatic heterocycles. The van der Waals surface area contributed by atoms with Crippen molar-refractivity contribution in [1.82, 2.24) is 4.90 Å². The second-order valence-electron chi connectivity index (χ2n) is 7.89. The highest BCUT2D eigenvalue weighted by Crippen LogP contribution is 2.41. The van der Waals surface area contributed by atoms with E-state index in [0.717, 1.165) is 5.57 Å². The van der Waals surface area contributed by atoms with Gasteiger partial charge >= 0.3 is 11.7 Å². The molecule has 2 saturated heterocycles. The third-order valence-corrected chi connectivity index (χ3v) is 5.76. The fourth-order valence-electron chi connectivity index (χ4n) is 4.11. The van der Waals surface area contributed by atoms with E-state index in [9.17, 15) is 14.1 Å². The molecule has 0 aliphatic carbocycles. The van der Waals surface area contributed by atoms with Gasteiger partial charge in [0.15, 0.2) is 19.7 Å². The van der Waals surface area contributed by atoms with E-state index in [0.29, 0.717) is 47.0 Å². The maximum Gasteiger partial charge on any atom is 0.380 e. The van der Waals surface area contributed by atoms with Crippen molar-refractivity contribution in [2.75, 3.05) is 40.2 Å². The molecule has 1 atom stereocenters. The van der Waals surface area contributed by atoms with Crippen LogP contribution in [0.15, 0.2) is 64.6 Å². The first-order chi connectivity index (χ1) is 17.0. The van der Waals surface area contributed by atoms with E-state index in [1.165, 1.54) is 31.4 Å². The van der Waals surface area contributed by atoms with Crippen LogP contribution >= 0.6 is 0 Å². The number of oxime groups is 1. The minimum Gasteiger partial charge on any atom is -0.469 e. The Labute approximate surface area is 201 Å². The molecule has 0 saturated carbocycles. The van der Waals surface area contributed by atoms with Crippen LogP contribution in [-0.2, 0) is 34.4 Å². The first-order valence-corrected chi connectivity index (χ1v) is 11.3. The summed E-state index contributed by atoms with van der Waals surface area (Å²) in [4.78, 5) is 37.2.